The first-order valence-corrected chi connectivity index (χ1v) is 20.8. The lowest BCUT2D eigenvalue weighted by Crippen LogP contribution is -2.10. The van der Waals surface area contributed by atoms with Crippen LogP contribution >= 0.6 is 0 Å². The number of anilines is 3. The van der Waals surface area contributed by atoms with Gasteiger partial charge in [-0.05, 0) is 137 Å². The van der Waals surface area contributed by atoms with Crippen LogP contribution in [0.3, 0.4) is 0 Å². The fourth-order valence-corrected chi connectivity index (χ4v) is 9.28. The molecule has 0 saturated carbocycles. The van der Waals surface area contributed by atoms with E-state index in [1.165, 1.54) is 93.2 Å². The lowest BCUT2D eigenvalue weighted by atomic mass is 9.81. The van der Waals surface area contributed by atoms with E-state index in [1.807, 2.05) is 0 Å². The molecule has 0 radical (unpaired) electrons. The molecule has 0 fully saturated rings. The Morgan fingerprint density at radius 1 is 0.283 bits per heavy atom. The highest BCUT2D eigenvalue weighted by Gasteiger charge is 2.23. The van der Waals surface area contributed by atoms with E-state index >= 15 is 0 Å². The van der Waals surface area contributed by atoms with Gasteiger partial charge in [-0.2, -0.15) is 0 Å². The van der Waals surface area contributed by atoms with E-state index in [9.17, 15) is 0 Å². The molecule has 0 unspecified atom stereocenters. The molecular formula is C59H41N. The Balaban J connectivity index is 1.20. The highest BCUT2D eigenvalue weighted by atomic mass is 15.1. The van der Waals surface area contributed by atoms with Crippen molar-refractivity contribution in [1.29, 1.82) is 0 Å². The number of aryl methyl sites for hydroxylation is 1. The fraction of sp³-hybridized carbons (Fsp3) is 0.0169. The molecule has 1 nitrogen and oxygen atoms in total. The Kier molecular flexibility index (Phi) is 8.79. The van der Waals surface area contributed by atoms with E-state index in [-0.39, 0.29) is 0 Å². The largest absolute Gasteiger partial charge is 0.310 e. The van der Waals surface area contributed by atoms with Gasteiger partial charge >= 0.3 is 0 Å². The third kappa shape index (κ3) is 6.11. The standard InChI is InChI=1S/C59H41N/c1-40-28-32-46(33-29-40)60(47-34-30-44(31-35-47)50-27-15-23-41-20-11-12-24-49(41)50)48-36-37-53-56(38-48)51-25-13-14-26-52(51)58-55(43-18-7-3-8-19-43)39-54(42-16-5-2-6-17-42)57(59(53)58)45-21-9-4-10-22-45/h2-39H,1H3. The maximum absolute atomic E-state index is 2.43. The minimum Gasteiger partial charge on any atom is -0.310 e. The first-order chi connectivity index (χ1) is 29.7. The summed E-state index contributed by atoms with van der Waals surface area (Å²) in [5, 5.41) is 9.99. The smallest absolute Gasteiger partial charge is 0.0468 e. The lowest BCUT2D eigenvalue weighted by molar-refractivity contribution is 1.28. The van der Waals surface area contributed by atoms with Crippen molar-refractivity contribution in [3.05, 3.63) is 236 Å². The van der Waals surface area contributed by atoms with Gasteiger partial charge in [0.1, 0.15) is 0 Å². The molecule has 0 aromatic heterocycles. The first kappa shape index (κ1) is 35.4. The van der Waals surface area contributed by atoms with Gasteiger partial charge in [-0.15, -0.1) is 0 Å². The minimum absolute atomic E-state index is 1.11. The van der Waals surface area contributed by atoms with Crippen molar-refractivity contribution in [1.82, 2.24) is 0 Å². The van der Waals surface area contributed by atoms with Crippen LogP contribution in [0.2, 0.25) is 0 Å². The van der Waals surface area contributed by atoms with E-state index in [4.69, 9.17) is 0 Å². The Labute approximate surface area is 351 Å². The van der Waals surface area contributed by atoms with Gasteiger partial charge in [0.15, 0.2) is 0 Å². The summed E-state index contributed by atoms with van der Waals surface area (Å²) in [6.45, 7) is 2.15. The third-order valence-electron chi connectivity index (χ3n) is 12.1. The van der Waals surface area contributed by atoms with Crippen molar-refractivity contribution >= 4 is 60.2 Å². The van der Waals surface area contributed by atoms with Crippen molar-refractivity contribution in [2.24, 2.45) is 0 Å². The zero-order valence-electron chi connectivity index (χ0n) is 33.4. The van der Waals surface area contributed by atoms with Crippen molar-refractivity contribution in [3.63, 3.8) is 0 Å². The molecule has 0 aliphatic rings. The predicted octanol–water partition coefficient (Wildman–Crippen LogP) is 16.7. The van der Waals surface area contributed by atoms with Gasteiger partial charge < -0.3 is 4.90 Å². The Morgan fingerprint density at radius 2 is 0.783 bits per heavy atom. The lowest BCUT2D eigenvalue weighted by Gasteiger charge is -2.27. The van der Waals surface area contributed by atoms with Gasteiger partial charge in [-0.3, -0.25) is 0 Å². The average Bonchev–Trinajstić information content (AvgIpc) is 3.32. The van der Waals surface area contributed by atoms with Crippen molar-refractivity contribution in [3.8, 4) is 44.5 Å². The monoisotopic (exact) mass is 763 g/mol. The quantitative estimate of drug-likeness (QED) is 0.146. The second-order valence-corrected chi connectivity index (χ2v) is 15.7. The van der Waals surface area contributed by atoms with Crippen LogP contribution in [0.4, 0.5) is 17.1 Å². The third-order valence-corrected chi connectivity index (χ3v) is 12.1. The summed E-state index contributed by atoms with van der Waals surface area (Å²) in [4.78, 5) is 2.40. The van der Waals surface area contributed by atoms with Gasteiger partial charge in [0.25, 0.3) is 0 Å². The van der Waals surface area contributed by atoms with Crippen LogP contribution in [0, 0.1) is 6.92 Å². The van der Waals surface area contributed by atoms with Crippen LogP contribution in [0.5, 0.6) is 0 Å². The Bertz CT molecular complexity index is 3330. The predicted molar refractivity (Wildman–Crippen MR) is 258 cm³/mol. The minimum atomic E-state index is 1.11. The normalized spacial score (nSPS) is 11.4. The number of benzene rings is 11. The topological polar surface area (TPSA) is 3.24 Å². The summed E-state index contributed by atoms with van der Waals surface area (Å²) in [7, 11) is 0. The molecule has 0 spiro atoms. The molecule has 11 aromatic rings. The number of rotatable bonds is 7. The van der Waals surface area contributed by atoms with Crippen LogP contribution < -0.4 is 4.90 Å². The molecule has 0 aliphatic carbocycles. The van der Waals surface area contributed by atoms with Crippen LogP contribution in [-0.4, -0.2) is 0 Å². The number of nitrogens with zero attached hydrogens (tertiary/aromatic N) is 1. The SMILES string of the molecule is Cc1ccc(N(c2ccc(-c3cccc4ccccc34)cc2)c2ccc3c(c2)c2ccccc2c2c(-c4ccccc4)cc(-c4ccccc4)c(-c4ccccc4)c32)cc1. The van der Waals surface area contributed by atoms with Gasteiger partial charge in [0.2, 0.25) is 0 Å². The number of fused-ring (bicyclic) bond motifs is 7. The fourth-order valence-electron chi connectivity index (χ4n) is 9.28. The molecule has 282 valence electrons. The highest BCUT2D eigenvalue weighted by Crippen LogP contribution is 2.50. The molecule has 0 saturated heterocycles. The molecule has 1 heteroatoms. The van der Waals surface area contributed by atoms with Gasteiger partial charge in [-0.1, -0.05) is 194 Å². The van der Waals surface area contributed by atoms with Crippen LogP contribution in [0.1, 0.15) is 5.56 Å². The summed E-state index contributed by atoms with van der Waals surface area (Å²) in [5.74, 6) is 0. The van der Waals surface area contributed by atoms with E-state index in [0.717, 1.165) is 17.1 Å². The van der Waals surface area contributed by atoms with Crippen molar-refractivity contribution < 1.29 is 0 Å². The molecule has 0 bridgehead atoms. The summed E-state index contributed by atoms with van der Waals surface area (Å²) < 4.78 is 0. The van der Waals surface area contributed by atoms with E-state index in [0.29, 0.717) is 0 Å². The Hall–Kier alpha value is -7.74. The van der Waals surface area contributed by atoms with Gasteiger partial charge in [0, 0.05) is 17.1 Å². The zero-order valence-corrected chi connectivity index (χ0v) is 33.4. The average molecular weight is 764 g/mol. The summed E-state index contributed by atoms with van der Waals surface area (Å²) in [6.07, 6.45) is 0. The maximum Gasteiger partial charge on any atom is 0.0468 e. The van der Waals surface area contributed by atoms with Crippen LogP contribution in [-0.2, 0) is 0 Å². The zero-order chi connectivity index (χ0) is 40.0. The van der Waals surface area contributed by atoms with Crippen LogP contribution in [0.15, 0.2) is 231 Å². The first-order valence-electron chi connectivity index (χ1n) is 20.8. The highest BCUT2D eigenvalue weighted by molar-refractivity contribution is 6.33. The van der Waals surface area contributed by atoms with Gasteiger partial charge in [0.05, 0.1) is 0 Å². The molecule has 0 aliphatic heterocycles. The van der Waals surface area contributed by atoms with Crippen molar-refractivity contribution in [2.45, 2.75) is 6.92 Å². The maximum atomic E-state index is 2.43. The Morgan fingerprint density at radius 3 is 1.47 bits per heavy atom. The number of hydrogen-bond donors (Lipinski definition) is 0. The van der Waals surface area contributed by atoms with E-state index in [1.54, 1.807) is 0 Å². The number of hydrogen-bond acceptors (Lipinski definition) is 1. The molecule has 11 rings (SSSR count). The molecule has 0 N–H and O–H groups in total. The summed E-state index contributed by atoms with van der Waals surface area (Å²) in [5.41, 5.74) is 14.3. The van der Waals surface area contributed by atoms with Crippen molar-refractivity contribution in [2.75, 3.05) is 4.90 Å². The van der Waals surface area contributed by atoms with Gasteiger partial charge in [-0.25, -0.2) is 0 Å². The second kappa shape index (κ2) is 14.9. The second-order valence-electron chi connectivity index (χ2n) is 15.7. The molecular weight excluding hydrogens is 723 g/mol. The van der Waals surface area contributed by atoms with E-state index in [2.05, 4.69) is 242 Å². The molecule has 60 heavy (non-hydrogen) atoms. The summed E-state index contributed by atoms with van der Waals surface area (Å²) in [6, 6.07) is 84.5. The molecule has 0 amide bonds. The molecule has 11 aromatic carbocycles. The van der Waals surface area contributed by atoms with Crippen LogP contribution in [0.25, 0.3) is 87.6 Å². The van der Waals surface area contributed by atoms with E-state index < -0.39 is 0 Å². The molecule has 0 heterocycles. The molecule has 0 atom stereocenters. The summed E-state index contributed by atoms with van der Waals surface area (Å²) >= 11 is 0.